The third-order valence-electron chi connectivity index (χ3n) is 4.15. The summed E-state index contributed by atoms with van der Waals surface area (Å²) in [6.07, 6.45) is 0. The molecule has 0 aliphatic carbocycles. The summed E-state index contributed by atoms with van der Waals surface area (Å²) < 4.78 is 25.2. The summed E-state index contributed by atoms with van der Waals surface area (Å²) in [5.74, 6) is -5.22. The largest absolute Gasteiger partial charge is 0.462 e. The molecule has 0 N–H and O–H groups in total. The zero-order valence-corrected chi connectivity index (χ0v) is 19.1. The highest BCUT2D eigenvalue weighted by molar-refractivity contribution is 6.20. The fourth-order valence-electron chi connectivity index (χ4n) is 3.01. The van der Waals surface area contributed by atoms with Crippen LogP contribution in [-0.2, 0) is 23.7 Å². The molecular formula is C22H28O10. The van der Waals surface area contributed by atoms with Gasteiger partial charge in [0.2, 0.25) is 0 Å². The summed E-state index contributed by atoms with van der Waals surface area (Å²) in [7, 11) is 0. The minimum atomic E-state index is -1.12. The lowest BCUT2D eigenvalue weighted by Gasteiger charge is -2.21. The fourth-order valence-corrected chi connectivity index (χ4v) is 3.01. The van der Waals surface area contributed by atoms with Crippen molar-refractivity contribution in [2.75, 3.05) is 33.0 Å². The van der Waals surface area contributed by atoms with Crippen molar-refractivity contribution in [3.8, 4) is 0 Å². The van der Waals surface area contributed by atoms with Crippen LogP contribution >= 0.6 is 0 Å². The Labute approximate surface area is 186 Å². The first kappa shape index (κ1) is 26.6. The van der Waals surface area contributed by atoms with Crippen molar-refractivity contribution >= 4 is 29.8 Å². The fraction of sp³-hybridized carbons (Fsp3) is 0.500. The lowest BCUT2D eigenvalue weighted by atomic mass is 9.86. The molecule has 0 amide bonds. The highest BCUT2D eigenvalue weighted by Gasteiger charge is 2.39. The van der Waals surface area contributed by atoms with Crippen LogP contribution in [0.5, 0.6) is 0 Å². The van der Waals surface area contributed by atoms with Crippen LogP contribution in [0.1, 0.15) is 92.0 Å². The van der Waals surface area contributed by atoms with Crippen LogP contribution in [0.4, 0.5) is 0 Å². The maximum Gasteiger partial charge on any atom is 0.339 e. The number of hydrogen-bond acceptors (Lipinski definition) is 10. The van der Waals surface area contributed by atoms with Gasteiger partial charge in [-0.25, -0.2) is 24.0 Å². The average Bonchev–Trinajstić information content (AvgIpc) is 2.73. The Morgan fingerprint density at radius 3 is 0.844 bits per heavy atom. The van der Waals surface area contributed by atoms with E-state index in [2.05, 4.69) is 0 Å². The molecule has 32 heavy (non-hydrogen) atoms. The summed E-state index contributed by atoms with van der Waals surface area (Å²) in [5.41, 5.74) is -2.61. The maximum atomic E-state index is 12.9. The lowest BCUT2D eigenvalue weighted by molar-refractivity contribution is 0.0432. The number of esters is 5. The second-order valence-corrected chi connectivity index (χ2v) is 6.10. The Morgan fingerprint density at radius 2 is 0.625 bits per heavy atom. The van der Waals surface area contributed by atoms with Gasteiger partial charge in [0.05, 0.1) is 60.9 Å². The predicted molar refractivity (Wildman–Crippen MR) is 111 cm³/mol. The molecule has 0 aliphatic heterocycles. The van der Waals surface area contributed by atoms with Crippen molar-refractivity contribution in [1.82, 2.24) is 0 Å². The van der Waals surface area contributed by atoms with Gasteiger partial charge in [-0.15, -0.1) is 0 Å². The highest BCUT2D eigenvalue weighted by Crippen LogP contribution is 2.32. The van der Waals surface area contributed by atoms with Crippen molar-refractivity contribution < 1.29 is 47.7 Å². The molecule has 0 saturated carbocycles. The number of ether oxygens (including phenoxy) is 5. The van der Waals surface area contributed by atoms with Crippen molar-refractivity contribution in [3.63, 3.8) is 0 Å². The summed E-state index contributed by atoms with van der Waals surface area (Å²) >= 11 is 0. The van der Waals surface area contributed by atoms with Crippen LogP contribution in [0, 0.1) is 6.92 Å². The minimum Gasteiger partial charge on any atom is -0.462 e. The molecule has 0 unspecified atom stereocenters. The van der Waals surface area contributed by atoms with E-state index >= 15 is 0 Å². The van der Waals surface area contributed by atoms with E-state index in [-0.39, 0.29) is 38.6 Å². The van der Waals surface area contributed by atoms with Gasteiger partial charge in [-0.05, 0) is 47.1 Å². The van der Waals surface area contributed by atoms with Crippen LogP contribution in [-0.4, -0.2) is 62.9 Å². The van der Waals surface area contributed by atoms with Gasteiger partial charge in [-0.3, -0.25) is 0 Å². The number of benzene rings is 1. The van der Waals surface area contributed by atoms with Crippen LogP contribution in [0.15, 0.2) is 0 Å². The van der Waals surface area contributed by atoms with E-state index in [0.717, 1.165) is 0 Å². The van der Waals surface area contributed by atoms with Crippen LogP contribution in [0.25, 0.3) is 0 Å². The van der Waals surface area contributed by atoms with Gasteiger partial charge in [0, 0.05) is 0 Å². The normalized spacial score (nSPS) is 10.2. The topological polar surface area (TPSA) is 132 Å². The molecule has 0 bridgehead atoms. The van der Waals surface area contributed by atoms with E-state index < -0.39 is 57.7 Å². The Kier molecular flexibility index (Phi) is 10.3. The smallest absolute Gasteiger partial charge is 0.339 e. The van der Waals surface area contributed by atoms with Gasteiger partial charge < -0.3 is 23.7 Å². The summed E-state index contributed by atoms with van der Waals surface area (Å²) in [6, 6.07) is 0. The zero-order valence-electron chi connectivity index (χ0n) is 19.1. The molecule has 0 aromatic heterocycles. The molecule has 0 radical (unpaired) electrons. The number of hydrogen-bond donors (Lipinski definition) is 0. The monoisotopic (exact) mass is 452 g/mol. The Bertz CT molecular complexity index is 839. The van der Waals surface area contributed by atoms with E-state index in [1.165, 1.54) is 27.7 Å². The molecule has 0 heterocycles. The molecule has 1 aromatic carbocycles. The molecule has 1 rings (SSSR count). The van der Waals surface area contributed by atoms with Gasteiger partial charge in [-0.1, -0.05) is 0 Å². The van der Waals surface area contributed by atoms with E-state index in [1.807, 2.05) is 0 Å². The first-order valence-electron chi connectivity index (χ1n) is 10.3. The number of carbonyl (C=O) groups is 5. The van der Waals surface area contributed by atoms with E-state index in [9.17, 15) is 24.0 Å². The molecule has 0 atom stereocenters. The second kappa shape index (κ2) is 12.4. The van der Waals surface area contributed by atoms with E-state index in [4.69, 9.17) is 23.7 Å². The molecular weight excluding hydrogens is 424 g/mol. The standard InChI is InChI=1S/C22H28O10/c1-7-28-18(23)13-12(6)14(19(24)29-8-2)16(21(26)31-10-4)17(22(27)32-11-5)15(13)20(25)30-9-3/h7-11H2,1-6H3. The quantitative estimate of drug-likeness (QED) is 0.385. The predicted octanol–water partition coefficient (Wildman–Crippen LogP) is 2.88. The number of carbonyl (C=O) groups excluding carboxylic acids is 5. The molecule has 0 fully saturated rings. The summed E-state index contributed by atoms with van der Waals surface area (Å²) in [6.45, 7) is 8.60. The Morgan fingerprint density at radius 1 is 0.438 bits per heavy atom. The third kappa shape index (κ3) is 5.63. The minimum absolute atomic E-state index is 0.0519. The first-order chi connectivity index (χ1) is 15.2. The molecule has 10 nitrogen and oxygen atoms in total. The molecule has 0 aliphatic rings. The highest BCUT2D eigenvalue weighted by atomic mass is 16.6. The van der Waals surface area contributed by atoms with Crippen LogP contribution < -0.4 is 0 Å². The summed E-state index contributed by atoms with van der Waals surface area (Å²) in [5, 5.41) is 0. The van der Waals surface area contributed by atoms with Crippen LogP contribution in [0.3, 0.4) is 0 Å². The molecule has 10 heteroatoms. The van der Waals surface area contributed by atoms with Crippen LogP contribution in [0.2, 0.25) is 0 Å². The molecule has 1 aromatic rings. The number of rotatable bonds is 10. The SMILES string of the molecule is CCOC(=O)c1c(C)c(C(=O)OCC)c(C(=O)OCC)c(C(=O)OCC)c1C(=O)OCC. The van der Waals surface area contributed by atoms with Crippen molar-refractivity contribution in [2.45, 2.75) is 41.5 Å². The molecule has 0 saturated heterocycles. The van der Waals surface area contributed by atoms with Crippen molar-refractivity contribution in [3.05, 3.63) is 33.4 Å². The van der Waals surface area contributed by atoms with Gasteiger partial charge in [-0.2, -0.15) is 0 Å². The van der Waals surface area contributed by atoms with Crippen molar-refractivity contribution in [1.29, 1.82) is 0 Å². The van der Waals surface area contributed by atoms with Gasteiger partial charge in [0.15, 0.2) is 0 Å². The van der Waals surface area contributed by atoms with E-state index in [0.29, 0.717) is 0 Å². The average molecular weight is 452 g/mol. The third-order valence-corrected chi connectivity index (χ3v) is 4.15. The van der Waals surface area contributed by atoms with Gasteiger partial charge in [0.25, 0.3) is 0 Å². The van der Waals surface area contributed by atoms with Crippen molar-refractivity contribution in [2.24, 2.45) is 0 Å². The first-order valence-corrected chi connectivity index (χ1v) is 10.3. The maximum absolute atomic E-state index is 12.9. The Hall–Kier alpha value is -3.43. The Balaban J connectivity index is 4.30. The molecule has 176 valence electrons. The summed E-state index contributed by atoms with van der Waals surface area (Å²) in [4.78, 5) is 64.4. The zero-order chi connectivity index (χ0) is 24.4. The van der Waals surface area contributed by atoms with Gasteiger partial charge >= 0.3 is 29.8 Å². The molecule has 0 spiro atoms. The second-order valence-electron chi connectivity index (χ2n) is 6.10. The van der Waals surface area contributed by atoms with E-state index in [1.54, 1.807) is 13.8 Å². The lowest BCUT2D eigenvalue weighted by Crippen LogP contribution is -2.29. The van der Waals surface area contributed by atoms with Gasteiger partial charge in [0.1, 0.15) is 0 Å².